The molecule has 4 rings (SSSR count). The molecule has 2 radical (unpaired) electrons. The fourth-order valence-corrected chi connectivity index (χ4v) is 3.81. The first kappa shape index (κ1) is 22.5. The fourth-order valence-electron chi connectivity index (χ4n) is 3.81. The lowest BCUT2D eigenvalue weighted by atomic mass is 9.95. The molecule has 2 fully saturated rings. The molecule has 1 aliphatic carbocycles. The molecule has 2 aliphatic rings. The van der Waals surface area contributed by atoms with Gasteiger partial charge in [0.15, 0.2) is 0 Å². The van der Waals surface area contributed by atoms with E-state index in [4.69, 9.17) is 13.1 Å². The number of halogens is 1. The summed E-state index contributed by atoms with van der Waals surface area (Å²) >= 11 is 0. The molecule has 1 saturated carbocycles. The van der Waals surface area contributed by atoms with E-state index in [1.54, 1.807) is 6.20 Å². The average Bonchev–Trinajstić information content (AvgIpc) is 3.47. The molecule has 33 heavy (non-hydrogen) atoms. The molecule has 168 valence electrons. The van der Waals surface area contributed by atoms with Crippen LogP contribution >= 0.6 is 0 Å². The molecular formula is C22H22BFN6O3. The third-order valence-corrected chi connectivity index (χ3v) is 5.95. The van der Waals surface area contributed by atoms with E-state index in [2.05, 4.69) is 15.6 Å². The monoisotopic (exact) mass is 448 g/mol. The number of amides is 3. The molecule has 0 bridgehead atoms. The van der Waals surface area contributed by atoms with Crippen LogP contribution in [0.2, 0.25) is 6.32 Å². The summed E-state index contributed by atoms with van der Waals surface area (Å²) in [7, 11) is 5.44. The van der Waals surface area contributed by atoms with Crippen molar-refractivity contribution in [3.05, 3.63) is 48.3 Å². The normalized spacial score (nSPS) is 19.0. The van der Waals surface area contributed by atoms with E-state index in [1.165, 1.54) is 34.1 Å². The van der Waals surface area contributed by atoms with Crippen LogP contribution in [0.3, 0.4) is 0 Å². The summed E-state index contributed by atoms with van der Waals surface area (Å²) in [6, 6.07) is 3.63. The molecule has 3 amide bonds. The third-order valence-electron chi connectivity index (χ3n) is 5.95. The van der Waals surface area contributed by atoms with Crippen LogP contribution in [-0.2, 0) is 9.59 Å². The number of nitrogens with zero attached hydrogens (tertiary/aromatic N) is 4. The van der Waals surface area contributed by atoms with E-state index < -0.39 is 35.8 Å². The zero-order valence-corrected chi connectivity index (χ0v) is 17.8. The second kappa shape index (κ2) is 9.44. The zero-order valence-electron chi connectivity index (χ0n) is 17.8. The first-order valence-electron chi connectivity index (χ1n) is 10.7. The summed E-state index contributed by atoms with van der Waals surface area (Å²) in [4.78, 5) is 43.7. The van der Waals surface area contributed by atoms with Gasteiger partial charge in [0.1, 0.15) is 23.9 Å². The van der Waals surface area contributed by atoms with Crippen LogP contribution < -0.4 is 10.6 Å². The third kappa shape index (κ3) is 4.74. The van der Waals surface area contributed by atoms with E-state index in [9.17, 15) is 18.8 Å². The van der Waals surface area contributed by atoms with E-state index in [0.717, 1.165) is 18.9 Å². The Labute approximate surface area is 191 Å². The lowest BCUT2D eigenvalue weighted by Crippen LogP contribution is -2.63. The van der Waals surface area contributed by atoms with Crippen LogP contribution in [0.5, 0.6) is 0 Å². The van der Waals surface area contributed by atoms with E-state index in [-0.39, 0.29) is 29.4 Å². The Bertz CT molecular complexity index is 1100. The first-order valence-corrected chi connectivity index (χ1v) is 10.7. The predicted octanol–water partition coefficient (Wildman–Crippen LogP) is 0.716. The molecule has 2 aromatic rings. The van der Waals surface area contributed by atoms with E-state index >= 15 is 0 Å². The standard InChI is InChI=1S/C22H22BFN6O3/c23-10-15(11-25)27-21(32)18-5-7-30(18)22(33)19(13-1-2-13)28-20(31)14-3-4-17(16(24)9-14)29-8-6-26-12-29/h3-4,6,8-9,12-13,15,18-19H,1-2,5,7,10H2,(H,27,32)(H,28,31). The highest BCUT2D eigenvalue weighted by atomic mass is 19.1. The molecule has 3 unspecified atom stereocenters. The molecule has 3 atom stereocenters. The van der Waals surface area contributed by atoms with Crippen molar-refractivity contribution < 1.29 is 18.8 Å². The van der Waals surface area contributed by atoms with Crippen LogP contribution in [-0.4, -0.2) is 64.7 Å². The van der Waals surface area contributed by atoms with Gasteiger partial charge in [0.05, 0.1) is 25.9 Å². The number of nitriles is 1. The number of rotatable bonds is 8. The topological polar surface area (TPSA) is 120 Å². The minimum Gasteiger partial charge on any atom is -0.340 e. The molecule has 2 heterocycles. The highest BCUT2D eigenvalue weighted by molar-refractivity contribution is 6.09. The van der Waals surface area contributed by atoms with Gasteiger partial charge in [-0.05, 0) is 43.4 Å². The second-order valence-corrected chi connectivity index (χ2v) is 8.19. The highest BCUT2D eigenvalue weighted by Gasteiger charge is 2.45. The number of nitrogens with one attached hydrogen (secondary N) is 2. The SMILES string of the molecule is [B]CC(C#N)NC(=O)C1CCN1C(=O)C(NC(=O)c1ccc(-n2ccnc2)c(F)c1)C1CC1. The van der Waals surface area contributed by atoms with Gasteiger partial charge in [-0.15, -0.1) is 0 Å². The van der Waals surface area contributed by atoms with Gasteiger partial charge < -0.3 is 20.1 Å². The van der Waals surface area contributed by atoms with Crippen LogP contribution in [0.15, 0.2) is 36.9 Å². The summed E-state index contributed by atoms with van der Waals surface area (Å²) in [6.07, 6.45) is 6.55. The Morgan fingerprint density at radius 3 is 2.61 bits per heavy atom. The lowest BCUT2D eigenvalue weighted by Gasteiger charge is -2.42. The minimum absolute atomic E-state index is 0.0279. The largest absolute Gasteiger partial charge is 0.340 e. The van der Waals surface area contributed by atoms with Gasteiger partial charge in [-0.25, -0.2) is 9.37 Å². The summed E-state index contributed by atoms with van der Waals surface area (Å²) in [6.45, 7) is 0.379. The predicted molar refractivity (Wildman–Crippen MR) is 116 cm³/mol. The summed E-state index contributed by atoms with van der Waals surface area (Å²) < 4.78 is 16.0. The second-order valence-electron chi connectivity index (χ2n) is 8.19. The molecule has 1 aliphatic heterocycles. The number of hydrogen-bond acceptors (Lipinski definition) is 5. The number of aromatic nitrogens is 2. The lowest BCUT2D eigenvalue weighted by molar-refractivity contribution is -0.149. The zero-order chi connectivity index (χ0) is 23.5. The maximum absolute atomic E-state index is 14.6. The smallest absolute Gasteiger partial charge is 0.252 e. The molecular weight excluding hydrogens is 426 g/mol. The van der Waals surface area contributed by atoms with Crippen molar-refractivity contribution in [2.75, 3.05) is 6.54 Å². The van der Waals surface area contributed by atoms with Gasteiger partial charge in [-0.1, -0.05) is 6.32 Å². The van der Waals surface area contributed by atoms with Gasteiger partial charge in [0, 0.05) is 24.5 Å². The van der Waals surface area contributed by atoms with Gasteiger partial charge >= 0.3 is 0 Å². The van der Waals surface area contributed by atoms with Crippen molar-refractivity contribution in [3.63, 3.8) is 0 Å². The molecule has 11 heteroatoms. The maximum atomic E-state index is 14.6. The van der Waals surface area contributed by atoms with Crippen molar-refractivity contribution in [3.8, 4) is 11.8 Å². The van der Waals surface area contributed by atoms with Gasteiger partial charge in [-0.3, -0.25) is 14.4 Å². The average molecular weight is 448 g/mol. The van der Waals surface area contributed by atoms with Crippen LogP contribution in [0, 0.1) is 23.1 Å². The number of carbonyl (C=O) groups excluding carboxylic acids is 3. The summed E-state index contributed by atoms with van der Waals surface area (Å²) in [5.41, 5.74) is 0.342. The number of imidazole rings is 1. The maximum Gasteiger partial charge on any atom is 0.252 e. The highest BCUT2D eigenvalue weighted by Crippen LogP contribution is 2.35. The van der Waals surface area contributed by atoms with Gasteiger partial charge in [-0.2, -0.15) is 5.26 Å². The van der Waals surface area contributed by atoms with Crippen molar-refractivity contribution in [2.45, 2.75) is 43.7 Å². The Kier molecular flexibility index (Phi) is 6.44. The fraction of sp³-hybridized carbons (Fsp3) is 0.409. The summed E-state index contributed by atoms with van der Waals surface area (Å²) in [5, 5.41) is 14.2. The number of likely N-dealkylation sites (tertiary alicyclic amines) is 1. The van der Waals surface area contributed by atoms with Crippen molar-refractivity contribution >= 4 is 25.6 Å². The molecule has 0 spiro atoms. The quantitative estimate of drug-likeness (QED) is 0.577. The van der Waals surface area contributed by atoms with Crippen molar-refractivity contribution in [1.82, 2.24) is 25.1 Å². The molecule has 1 aromatic heterocycles. The number of carbonyl (C=O) groups is 3. The number of benzene rings is 1. The Morgan fingerprint density at radius 1 is 1.27 bits per heavy atom. The molecule has 2 N–H and O–H groups in total. The number of hydrogen-bond donors (Lipinski definition) is 2. The Morgan fingerprint density at radius 2 is 2.06 bits per heavy atom. The molecule has 9 nitrogen and oxygen atoms in total. The van der Waals surface area contributed by atoms with E-state index in [0.29, 0.717) is 13.0 Å². The van der Waals surface area contributed by atoms with Gasteiger partial charge in [0.25, 0.3) is 5.91 Å². The summed E-state index contributed by atoms with van der Waals surface area (Å²) in [5.74, 6) is -1.98. The van der Waals surface area contributed by atoms with E-state index in [1.807, 2.05) is 6.07 Å². The van der Waals surface area contributed by atoms with Crippen molar-refractivity contribution in [1.29, 1.82) is 5.26 Å². The van der Waals surface area contributed by atoms with Crippen molar-refractivity contribution in [2.24, 2.45) is 5.92 Å². The molecule has 1 aromatic carbocycles. The Balaban J connectivity index is 1.43. The Hall–Kier alpha value is -3.68. The van der Waals surface area contributed by atoms with Crippen LogP contribution in [0.4, 0.5) is 4.39 Å². The minimum atomic E-state index is -0.825. The van der Waals surface area contributed by atoms with Crippen LogP contribution in [0.1, 0.15) is 29.6 Å². The first-order chi connectivity index (χ1) is 15.9. The van der Waals surface area contributed by atoms with Crippen LogP contribution in [0.25, 0.3) is 5.69 Å². The molecule has 1 saturated heterocycles. The van der Waals surface area contributed by atoms with Gasteiger partial charge in [0.2, 0.25) is 11.8 Å².